The van der Waals surface area contributed by atoms with Gasteiger partial charge in [-0.2, -0.15) is 5.17 Å². The quantitative estimate of drug-likeness (QED) is 0.0768. The molecule has 0 saturated carbocycles. The van der Waals surface area contributed by atoms with Gasteiger partial charge in [0.2, 0.25) is 7.28 Å². The molecule has 3 rings (SSSR count). The SMILES string of the molecule is C[C@@H](NCC(=O)[B]C[C@H](NC(=O)c1ccc(C#C/C=C/c2ccccc2)cc1)C(=O)N(N)O)c1ccccc1. The lowest BCUT2D eigenvalue weighted by molar-refractivity contribution is -0.168. The largest absolute Gasteiger partial charge is 0.341 e. The fourth-order valence-corrected chi connectivity index (χ4v) is 3.59. The van der Waals surface area contributed by atoms with Crippen LogP contribution < -0.4 is 16.5 Å². The van der Waals surface area contributed by atoms with E-state index in [2.05, 4.69) is 22.5 Å². The highest BCUT2D eigenvalue weighted by atomic mass is 16.5. The second-order valence-electron chi connectivity index (χ2n) is 8.72. The topological polar surface area (TPSA) is 125 Å². The van der Waals surface area contributed by atoms with Crippen molar-refractivity contribution in [3.05, 3.63) is 113 Å². The van der Waals surface area contributed by atoms with E-state index in [0.29, 0.717) is 5.56 Å². The highest BCUT2D eigenvalue weighted by Crippen LogP contribution is 2.11. The Kier molecular flexibility index (Phi) is 11.2. The summed E-state index contributed by atoms with van der Waals surface area (Å²) in [4.78, 5) is 37.5. The molecule has 0 unspecified atom stereocenters. The van der Waals surface area contributed by atoms with Gasteiger partial charge in [0.05, 0.1) is 5.68 Å². The highest BCUT2D eigenvalue weighted by molar-refractivity contribution is 6.74. The fourth-order valence-electron chi connectivity index (χ4n) is 3.59. The third-order valence-corrected chi connectivity index (χ3v) is 5.81. The minimum atomic E-state index is -1.23. The summed E-state index contributed by atoms with van der Waals surface area (Å²) in [7, 11) is 1.29. The molecule has 0 heterocycles. The van der Waals surface area contributed by atoms with Crippen LogP contribution in [0.15, 0.2) is 91.0 Å². The van der Waals surface area contributed by atoms with E-state index in [1.165, 1.54) is 7.28 Å². The standard InChI is InChI=1S/C30H30BN4O4/c1-22(25-14-6-3-7-15-25)33-21-28(36)31-20-27(30(38)35(32)39)34-29(37)26-18-16-24(17-19-26)13-9-8-12-23-10-4-2-5-11-23/h2-8,10-12,14-19,22,27,33,39H,20-21,32H2,1H3,(H,34,37)/b12-8+/t22-,27+/m1/s1. The monoisotopic (exact) mass is 521 g/mol. The van der Waals surface area contributed by atoms with Crippen molar-refractivity contribution in [1.29, 1.82) is 0 Å². The summed E-state index contributed by atoms with van der Waals surface area (Å²) in [6.07, 6.45) is 3.50. The predicted octanol–water partition coefficient (Wildman–Crippen LogP) is 2.94. The van der Waals surface area contributed by atoms with E-state index in [1.807, 2.05) is 73.7 Å². The van der Waals surface area contributed by atoms with E-state index in [0.717, 1.165) is 11.1 Å². The maximum absolute atomic E-state index is 12.8. The van der Waals surface area contributed by atoms with Gasteiger partial charge >= 0.3 is 0 Å². The Morgan fingerprint density at radius 2 is 1.64 bits per heavy atom. The van der Waals surface area contributed by atoms with Gasteiger partial charge in [0, 0.05) is 23.7 Å². The number of hydrogen-bond acceptors (Lipinski definition) is 6. The first kappa shape index (κ1) is 29.1. The average Bonchev–Trinajstić information content (AvgIpc) is 2.97. The summed E-state index contributed by atoms with van der Waals surface area (Å²) >= 11 is 0. The Morgan fingerprint density at radius 1 is 1.00 bits per heavy atom. The molecule has 3 aromatic carbocycles. The second-order valence-corrected chi connectivity index (χ2v) is 8.72. The molecule has 0 saturated heterocycles. The van der Waals surface area contributed by atoms with E-state index in [1.54, 1.807) is 30.3 Å². The van der Waals surface area contributed by atoms with Crippen molar-refractivity contribution in [3.63, 3.8) is 0 Å². The first-order valence-electron chi connectivity index (χ1n) is 12.4. The number of nitrogens with two attached hydrogens (primary N) is 1. The van der Waals surface area contributed by atoms with E-state index in [4.69, 9.17) is 5.84 Å². The summed E-state index contributed by atoms with van der Waals surface area (Å²) in [5.41, 5.74) is 2.79. The number of allylic oxidation sites excluding steroid dienone is 1. The molecule has 39 heavy (non-hydrogen) atoms. The number of hydroxylamine groups is 1. The molecule has 0 aliphatic rings. The molecule has 1 radical (unpaired) electrons. The molecule has 2 atom stereocenters. The number of hydrogen-bond donors (Lipinski definition) is 4. The molecular formula is C30H30BN4O4. The summed E-state index contributed by atoms with van der Waals surface area (Å²) < 4.78 is 0. The van der Waals surface area contributed by atoms with Gasteiger partial charge < -0.3 is 15.4 Å². The predicted molar refractivity (Wildman–Crippen MR) is 151 cm³/mol. The zero-order chi connectivity index (χ0) is 28.0. The molecule has 3 aromatic rings. The number of rotatable bonds is 11. The summed E-state index contributed by atoms with van der Waals surface area (Å²) in [5, 5.41) is 15.0. The molecule has 0 fully saturated rings. The van der Waals surface area contributed by atoms with Gasteiger partial charge in [-0.05, 0) is 60.8 Å². The van der Waals surface area contributed by atoms with E-state index in [9.17, 15) is 19.6 Å². The van der Waals surface area contributed by atoms with E-state index < -0.39 is 17.9 Å². The van der Waals surface area contributed by atoms with Crippen molar-refractivity contribution in [2.45, 2.75) is 25.3 Å². The average molecular weight is 521 g/mol. The van der Waals surface area contributed by atoms with Crippen LogP contribution >= 0.6 is 0 Å². The molecule has 9 heteroatoms. The van der Waals surface area contributed by atoms with Gasteiger partial charge in [0.25, 0.3) is 11.8 Å². The van der Waals surface area contributed by atoms with Gasteiger partial charge in [0.15, 0.2) is 0 Å². The smallest absolute Gasteiger partial charge is 0.282 e. The molecule has 5 N–H and O–H groups in total. The number of carbonyl (C=O) groups excluding carboxylic acids is 3. The maximum Gasteiger partial charge on any atom is 0.282 e. The zero-order valence-corrected chi connectivity index (χ0v) is 21.6. The van der Waals surface area contributed by atoms with Gasteiger partial charge in [-0.25, -0.2) is 5.84 Å². The van der Waals surface area contributed by atoms with Crippen molar-refractivity contribution in [2.24, 2.45) is 5.84 Å². The van der Waals surface area contributed by atoms with Crippen molar-refractivity contribution in [1.82, 2.24) is 15.8 Å². The van der Waals surface area contributed by atoms with Crippen molar-refractivity contribution < 1.29 is 19.6 Å². The number of nitrogens with zero attached hydrogens (tertiary/aromatic N) is 1. The lowest BCUT2D eigenvalue weighted by atomic mass is 9.67. The van der Waals surface area contributed by atoms with Crippen LogP contribution in [0, 0.1) is 11.8 Å². The molecule has 0 aliphatic heterocycles. The van der Waals surface area contributed by atoms with Gasteiger partial charge in [-0.3, -0.25) is 14.8 Å². The van der Waals surface area contributed by atoms with Crippen LogP contribution in [0.4, 0.5) is 0 Å². The van der Waals surface area contributed by atoms with Crippen LogP contribution in [-0.2, 0) is 9.59 Å². The van der Waals surface area contributed by atoms with Crippen molar-refractivity contribution in [2.75, 3.05) is 6.54 Å². The van der Waals surface area contributed by atoms with Crippen LogP contribution in [0.1, 0.15) is 40.0 Å². The van der Waals surface area contributed by atoms with Crippen LogP contribution in [0.5, 0.6) is 0 Å². The molecule has 2 amide bonds. The van der Waals surface area contributed by atoms with Crippen LogP contribution in [0.3, 0.4) is 0 Å². The summed E-state index contributed by atoms with van der Waals surface area (Å²) in [5.74, 6) is 9.62. The maximum atomic E-state index is 12.8. The molecule has 8 nitrogen and oxygen atoms in total. The number of amides is 2. The Bertz CT molecular complexity index is 1330. The van der Waals surface area contributed by atoms with E-state index in [-0.39, 0.29) is 35.3 Å². The normalized spacial score (nSPS) is 12.1. The van der Waals surface area contributed by atoms with E-state index >= 15 is 0 Å². The summed E-state index contributed by atoms with van der Waals surface area (Å²) in [6.45, 7) is 1.98. The number of benzene rings is 3. The third-order valence-electron chi connectivity index (χ3n) is 5.81. The Morgan fingerprint density at radius 3 is 2.28 bits per heavy atom. The van der Waals surface area contributed by atoms with Crippen LogP contribution in [0.2, 0.25) is 6.32 Å². The number of carbonyl (C=O) groups is 3. The third kappa shape index (κ3) is 9.72. The van der Waals surface area contributed by atoms with Crippen molar-refractivity contribution in [3.8, 4) is 11.8 Å². The number of hydrazine groups is 1. The first-order valence-corrected chi connectivity index (χ1v) is 12.4. The lowest BCUT2D eigenvalue weighted by Gasteiger charge is -2.20. The Hall–Kier alpha value is -4.49. The first-order chi connectivity index (χ1) is 18.8. The number of nitrogens with one attached hydrogen (secondary N) is 2. The highest BCUT2D eigenvalue weighted by Gasteiger charge is 2.26. The van der Waals surface area contributed by atoms with Crippen LogP contribution in [-0.4, -0.2) is 47.7 Å². The second kappa shape index (κ2) is 15.1. The lowest BCUT2D eigenvalue weighted by Crippen LogP contribution is -2.50. The van der Waals surface area contributed by atoms with Crippen molar-refractivity contribution >= 4 is 30.9 Å². The van der Waals surface area contributed by atoms with Gasteiger partial charge in [-0.1, -0.05) is 72.5 Å². The van der Waals surface area contributed by atoms with Gasteiger partial charge in [-0.15, -0.1) is 0 Å². The Balaban J connectivity index is 1.54. The van der Waals surface area contributed by atoms with Gasteiger partial charge in [0.1, 0.15) is 6.04 Å². The molecule has 0 aromatic heterocycles. The fraction of sp³-hybridized carbons (Fsp3) is 0.167. The Labute approximate surface area is 229 Å². The van der Waals surface area contributed by atoms with Crippen LogP contribution in [0.25, 0.3) is 6.08 Å². The molecule has 0 spiro atoms. The minimum absolute atomic E-state index is 0.0411. The molecular weight excluding hydrogens is 491 g/mol. The minimum Gasteiger partial charge on any atom is -0.341 e. The molecule has 0 bridgehead atoms. The molecule has 197 valence electrons. The molecule has 0 aliphatic carbocycles. The summed E-state index contributed by atoms with van der Waals surface area (Å²) in [6, 6.07) is 24.7. The zero-order valence-electron chi connectivity index (χ0n) is 21.6.